The summed E-state index contributed by atoms with van der Waals surface area (Å²) in [6.07, 6.45) is 3.08. The van der Waals surface area contributed by atoms with Gasteiger partial charge in [-0.1, -0.05) is 18.2 Å². The molecule has 2 aromatic rings. The minimum Gasteiger partial charge on any atom is -0.379 e. The van der Waals surface area contributed by atoms with Crippen LogP contribution in [-0.4, -0.2) is 44.8 Å². The quantitative estimate of drug-likeness (QED) is 0.586. The molecule has 1 heterocycles. The van der Waals surface area contributed by atoms with Crippen molar-refractivity contribution in [1.82, 2.24) is 4.31 Å². The van der Waals surface area contributed by atoms with Crippen molar-refractivity contribution in [3.05, 3.63) is 71.3 Å². The van der Waals surface area contributed by atoms with Crippen LogP contribution >= 0.6 is 0 Å². The van der Waals surface area contributed by atoms with Gasteiger partial charge in [-0.2, -0.15) is 9.57 Å². The highest BCUT2D eigenvalue weighted by Crippen LogP contribution is 2.18. The average Bonchev–Trinajstić information content (AvgIpc) is 2.73. The van der Waals surface area contributed by atoms with E-state index < -0.39 is 10.0 Å². The normalized spacial score (nSPS) is 15.5. The summed E-state index contributed by atoms with van der Waals surface area (Å²) in [6, 6.07) is 14.8. The first-order chi connectivity index (χ1) is 13.0. The van der Waals surface area contributed by atoms with Crippen LogP contribution in [0.3, 0.4) is 0 Å². The number of carbonyl (C=O) groups excluding carboxylic acids is 1. The topological polar surface area (TPSA) is 87.5 Å². The van der Waals surface area contributed by atoms with Gasteiger partial charge in [0.15, 0.2) is 5.78 Å². The SMILES string of the molecule is N#Cc1ccc(/C=C/C(=O)c2ccc(S(=O)(=O)N3CCOCC3)cc2)cc1. The van der Waals surface area contributed by atoms with Crippen molar-refractivity contribution >= 4 is 21.9 Å². The van der Waals surface area contributed by atoms with E-state index in [2.05, 4.69) is 0 Å². The Bertz CT molecular complexity index is 982. The zero-order valence-electron chi connectivity index (χ0n) is 14.5. The monoisotopic (exact) mass is 382 g/mol. The molecule has 0 amide bonds. The van der Waals surface area contributed by atoms with Crippen LogP contribution in [0.25, 0.3) is 6.08 Å². The van der Waals surface area contributed by atoms with Crippen LogP contribution in [0, 0.1) is 11.3 Å². The van der Waals surface area contributed by atoms with Gasteiger partial charge in [0.1, 0.15) is 0 Å². The van der Waals surface area contributed by atoms with Crippen molar-refractivity contribution in [1.29, 1.82) is 5.26 Å². The van der Waals surface area contributed by atoms with E-state index in [1.165, 1.54) is 34.6 Å². The zero-order chi connectivity index (χ0) is 19.3. The fraction of sp³-hybridized carbons (Fsp3) is 0.200. The molecule has 1 aliphatic heterocycles. The van der Waals surface area contributed by atoms with Crippen LogP contribution in [0.4, 0.5) is 0 Å². The Labute approximate surface area is 158 Å². The summed E-state index contributed by atoms with van der Waals surface area (Å²) in [7, 11) is -3.57. The summed E-state index contributed by atoms with van der Waals surface area (Å²) in [5.74, 6) is -0.227. The molecule has 0 N–H and O–H groups in total. The van der Waals surface area contributed by atoms with Crippen molar-refractivity contribution in [3.63, 3.8) is 0 Å². The van der Waals surface area contributed by atoms with Gasteiger partial charge in [-0.3, -0.25) is 4.79 Å². The predicted octanol–water partition coefficient (Wildman–Crippen LogP) is 2.48. The summed E-state index contributed by atoms with van der Waals surface area (Å²) in [4.78, 5) is 12.5. The summed E-state index contributed by atoms with van der Waals surface area (Å²) in [6.45, 7) is 1.43. The molecule has 2 aromatic carbocycles. The van der Waals surface area contributed by atoms with Gasteiger partial charge in [0, 0.05) is 18.7 Å². The number of benzene rings is 2. The minimum atomic E-state index is -3.57. The van der Waals surface area contributed by atoms with E-state index in [1.54, 1.807) is 30.3 Å². The molecule has 1 saturated heterocycles. The molecule has 6 nitrogen and oxygen atoms in total. The molecular formula is C20H18N2O4S. The molecule has 1 aliphatic rings. The molecule has 0 atom stereocenters. The van der Waals surface area contributed by atoms with Crippen molar-refractivity contribution in [2.24, 2.45) is 0 Å². The van der Waals surface area contributed by atoms with E-state index >= 15 is 0 Å². The second-order valence-corrected chi connectivity index (χ2v) is 7.91. The van der Waals surface area contributed by atoms with E-state index in [4.69, 9.17) is 10.00 Å². The first-order valence-corrected chi connectivity index (χ1v) is 9.85. The van der Waals surface area contributed by atoms with Gasteiger partial charge >= 0.3 is 0 Å². The molecule has 138 valence electrons. The maximum atomic E-state index is 12.6. The van der Waals surface area contributed by atoms with Crippen LogP contribution in [0.2, 0.25) is 0 Å². The number of ether oxygens (including phenoxy) is 1. The number of rotatable bonds is 5. The lowest BCUT2D eigenvalue weighted by Crippen LogP contribution is -2.40. The van der Waals surface area contributed by atoms with Gasteiger partial charge in [0.25, 0.3) is 0 Å². The summed E-state index contributed by atoms with van der Waals surface area (Å²) < 4.78 is 31.7. The van der Waals surface area contributed by atoms with Gasteiger partial charge in [-0.15, -0.1) is 0 Å². The molecule has 27 heavy (non-hydrogen) atoms. The Morgan fingerprint density at radius 2 is 1.67 bits per heavy atom. The number of ketones is 1. The van der Waals surface area contributed by atoms with Crippen LogP contribution in [0.15, 0.2) is 59.5 Å². The van der Waals surface area contributed by atoms with Gasteiger partial charge in [-0.25, -0.2) is 8.42 Å². The molecule has 0 aliphatic carbocycles. The molecule has 0 spiro atoms. The lowest BCUT2D eigenvalue weighted by molar-refractivity contribution is 0.0730. The Morgan fingerprint density at radius 3 is 2.26 bits per heavy atom. The fourth-order valence-electron chi connectivity index (χ4n) is 2.66. The standard InChI is InChI=1S/C20H18N2O4S/c21-15-17-3-1-16(2-4-17)5-10-20(23)18-6-8-19(9-7-18)27(24,25)22-11-13-26-14-12-22/h1-10H,11-14H2/b10-5+. The highest BCUT2D eigenvalue weighted by atomic mass is 32.2. The maximum absolute atomic E-state index is 12.6. The van der Waals surface area contributed by atoms with Gasteiger partial charge in [0.2, 0.25) is 10.0 Å². The number of sulfonamides is 1. The zero-order valence-corrected chi connectivity index (χ0v) is 15.4. The first-order valence-electron chi connectivity index (χ1n) is 8.41. The highest BCUT2D eigenvalue weighted by molar-refractivity contribution is 7.89. The highest BCUT2D eigenvalue weighted by Gasteiger charge is 2.26. The summed E-state index contributed by atoms with van der Waals surface area (Å²) in [5.41, 5.74) is 1.75. The number of carbonyl (C=O) groups is 1. The molecule has 0 radical (unpaired) electrons. The van der Waals surface area contributed by atoms with Gasteiger partial charge < -0.3 is 4.74 Å². The second-order valence-electron chi connectivity index (χ2n) is 5.97. The molecule has 1 fully saturated rings. The van der Waals surface area contributed by atoms with Crippen molar-refractivity contribution in [2.75, 3.05) is 26.3 Å². The van der Waals surface area contributed by atoms with Crippen LogP contribution in [0.5, 0.6) is 0 Å². The van der Waals surface area contributed by atoms with E-state index in [9.17, 15) is 13.2 Å². The Hall–Kier alpha value is -2.79. The summed E-state index contributed by atoms with van der Waals surface area (Å²) >= 11 is 0. The third-order valence-electron chi connectivity index (χ3n) is 4.21. The molecule has 0 unspecified atom stereocenters. The van der Waals surface area contributed by atoms with E-state index in [0.29, 0.717) is 37.4 Å². The van der Waals surface area contributed by atoms with Gasteiger partial charge in [-0.05, 0) is 48.0 Å². The molecular weight excluding hydrogens is 364 g/mol. The number of allylic oxidation sites excluding steroid dienone is 1. The fourth-order valence-corrected chi connectivity index (χ4v) is 4.07. The Kier molecular flexibility index (Phi) is 5.81. The Balaban J connectivity index is 1.71. The predicted molar refractivity (Wildman–Crippen MR) is 101 cm³/mol. The molecule has 0 aromatic heterocycles. The molecule has 0 saturated carbocycles. The average molecular weight is 382 g/mol. The molecule has 0 bridgehead atoms. The lowest BCUT2D eigenvalue weighted by Gasteiger charge is -2.26. The second kappa shape index (κ2) is 8.27. The number of hydrogen-bond donors (Lipinski definition) is 0. The van der Waals surface area contributed by atoms with E-state index in [1.807, 2.05) is 6.07 Å². The number of nitrogens with zero attached hydrogens (tertiary/aromatic N) is 2. The largest absolute Gasteiger partial charge is 0.379 e. The summed E-state index contributed by atoms with van der Waals surface area (Å²) in [5, 5.41) is 8.78. The van der Waals surface area contributed by atoms with Crippen LogP contribution < -0.4 is 0 Å². The lowest BCUT2D eigenvalue weighted by atomic mass is 10.1. The number of morpholine rings is 1. The number of hydrogen-bond acceptors (Lipinski definition) is 5. The Morgan fingerprint density at radius 1 is 1.04 bits per heavy atom. The van der Waals surface area contributed by atoms with Crippen molar-refractivity contribution < 1.29 is 17.9 Å². The van der Waals surface area contributed by atoms with Crippen LogP contribution in [-0.2, 0) is 14.8 Å². The third kappa shape index (κ3) is 4.49. The molecule has 3 rings (SSSR count). The first kappa shape index (κ1) is 19.0. The molecule has 7 heteroatoms. The van der Waals surface area contributed by atoms with Crippen molar-refractivity contribution in [3.8, 4) is 6.07 Å². The number of nitriles is 1. The smallest absolute Gasteiger partial charge is 0.243 e. The van der Waals surface area contributed by atoms with Gasteiger partial charge in [0.05, 0.1) is 29.7 Å². The van der Waals surface area contributed by atoms with E-state index in [0.717, 1.165) is 5.56 Å². The van der Waals surface area contributed by atoms with Crippen molar-refractivity contribution in [2.45, 2.75) is 4.90 Å². The van der Waals surface area contributed by atoms with E-state index in [-0.39, 0.29) is 10.7 Å². The minimum absolute atomic E-state index is 0.164. The third-order valence-corrected chi connectivity index (χ3v) is 6.13. The van der Waals surface area contributed by atoms with Crippen LogP contribution in [0.1, 0.15) is 21.5 Å². The maximum Gasteiger partial charge on any atom is 0.243 e.